The number of nitrogen functional groups attached to an aromatic ring is 2. The Hall–Kier alpha value is -3.68. The number of halogens is 1. The third-order valence-electron chi connectivity index (χ3n) is 4.03. The van der Waals surface area contributed by atoms with E-state index in [2.05, 4.69) is 15.0 Å². The van der Waals surface area contributed by atoms with Gasteiger partial charge >= 0.3 is 0 Å². The van der Waals surface area contributed by atoms with E-state index in [4.69, 9.17) is 16.2 Å². The van der Waals surface area contributed by atoms with Crippen molar-refractivity contribution in [2.75, 3.05) is 18.6 Å². The number of imidazole rings is 1. The predicted octanol–water partition coefficient (Wildman–Crippen LogP) is 2.77. The second-order valence-corrected chi connectivity index (χ2v) is 5.61. The zero-order valence-electron chi connectivity index (χ0n) is 13.8. The number of nitrogens with zero attached hydrogens (tertiary/aromatic N) is 4. The Bertz CT molecular complexity index is 1120. The Kier molecular flexibility index (Phi) is 3.65. The zero-order valence-corrected chi connectivity index (χ0v) is 13.8. The van der Waals surface area contributed by atoms with Gasteiger partial charge in [0, 0.05) is 24.0 Å². The molecule has 3 aromatic heterocycles. The van der Waals surface area contributed by atoms with Crippen molar-refractivity contribution in [1.82, 2.24) is 19.4 Å². The number of hydrogen-bond donors (Lipinski definition) is 2. The van der Waals surface area contributed by atoms with Crippen LogP contribution in [0.4, 0.5) is 16.0 Å². The molecule has 0 saturated carbocycles. The maximum atomic E-state index is 14.7. The van der Waals surface area contributed by atoms with Crippen LogP contribution < -0.4 is 16.2 Å². The monoisotopic (exact) mass is 350 g/mol. The first-order valence-corrected chi connectivity index (χ1v) is 7.78. The van der Waals surface area contributed by atoms with Crippen molar-refractivity contribution in [2.24, 2.45) is 0 Å². The number of hydrogen-bond acceptors (Lipinski definition) is 6. The molecule has 0 radical (unpaired) electrons. The molecule has 0 saturated heterocycles. The number of fused-ring (bicyclic) bond motifs is 1. The van der Waals surface area contributed by atoms with Crippen LogP contribution in [0.25, 0.3) is 28.3 Å². The molecule has 0 aliphatic rings. The van der Waals surface area contributed by atoms with Gasteiger partial charge in [-0.1, -0.05) is 6.07 Å². The Labute approximate surface area is 148 Å². The molecule has 3 heterocycles. The minimum absolute atomic E-state index is 0.0466. The van der Waals surface area contributed by atoms with Crippen molar-refractivity contribution in [3.63, 3.8) is 0 Å². The molecule has 130 valence electrons. The maximum absolute atomic E-state index is 14.7. The zero-order chi connectivity index (χ0) is 18.3. The number of nitrogens with two attached hydrogens (primary N) is 2. The molecule has 4 N–H and O–H groups in total. The molecule has 0 aliphatic carbocycles. The van der Waals surface area contributed by atoms with Gasteiger partial charge < -0.3 is 16.2 Å². The summed E-state index contributed by atoms with van der Waals surface area (Å²) in [5.41, 5.74) is 13.9. The van der Waals surface area contributed by atoms with Gasteiger partial charge in [0.25, 0.3) is 0 Å². The largest absolute Gasteiger partial charge is 0.497 e. The van der Waals surface area contributed by atoms with Crippen LogP contribution in [0.5, 0.6) is 5.75 Å². The molecule has 0 unspecified atom stereocenters. The van der Waals surface area contributed by atoms with Gasteiger partial charge in [0.05, 0.1) is 24.2 Å². The maximum Gasteiger partial charge on any atom is 0.220 e. The van der Waals surface area contributed by atoms with Crippen molar-refractivity contribution in [2.45, 2.75) is 0 Å². The van der Waals surface area contributed by atoms with E-state index in [1.165, 1.54) is 6.07 Å². The number of rotatable bonds is 3. The average Bonchev–Trinajstić information content (AvgIpc) is 3.02. The third-order valence-corrected chi connectivity index (χ3v) is 4.03. The molecule has 0 atom stereocenters. The van der Waals surface area contributed by atoms with E-state index in [0.717, 1.165) is 0 Å². The minimum atomic E-state index is -0.536. The predicted molar refractivity (Wildman–Crippen MR) is 97.0 cm³/mol. The smallest absolute Gasteiger partial charge is 0.220 e. The van der Waals surface area contributed by atoms with Crippen molar-refractivity contribution >= 4 is 17.3 Å². The van der Waals surface area contributed by atoms with E-state index in [-0.39, 0.29) is 17.2 Å². The topological polar surface area (TPSA) is 104 Å². The Morgan fingerprint density at radius 3 is 2.73 bits per heavy atom. The van der Waals surface area contributed by atoms with Crippen molar-refractivity contribution in [1.29, 1.82) is 0 Å². The number of aromatic nitrogens is 4. The van der Waals surface area contributed by atoms with Gasteiger partial charge in [0.2, 0.25) is 5.95 Å². The van der Waals surface area contributed by atoms with Crippen LogP contribution in [0.1, 0.15) is 0 Å². The fourth-order valence-corrected chi connectivity index (χ4v) is 2.82. The lowest BCUT2D eigenvalue weighted by molar-refractivity contribution is 0.414. The molecule has 4 aromatic rings. The van der Waals surface area contributed by atoms with Gasteiger partial charge in [-0.2, -0.15) is 0 Å². The van der Waals surface area contributed by atoms with Gasteiger partial charge in [0.1, 0.15) is 17.1 Å². The molecule has 4 rings (SSSR count). The molecular weight excluding hydrogens is 335 g/mol. The van der Waals surface area contributed by atoms with Crippen LogP contribution >= 0.6 is 0 Å². The van der Waals surface area contributed by atoms with E-state index in [1.807, 2.05) is 0 Å². The highest BCUT2D eigenvalue weighted by Crippen LogP contribution is 2.35. The highest BCUT2D eigenvalue weighted by Gasteiger charge is 2.21. The molecule has 26 heavy (non-hydrogen) atoms. The van der Waals surface area contributed by atoms with E-state index < -0.39 is 5.82 Å². The van der Waals surface area contributed by atoms with Crippen LogP contribution in [-0.2, 0) is 0 Å². The summed E-state index contributed by atoms with van der Waals surface area (Å²) in [7, 11) is 1.57. The molecular formula is C18H15FN6O. The van der Waals surface area contributed by atoms with Gasteiger partial charge in [0.15, 0.2) is 5.82 Å². The molecule has 0 spiro atoms. The summed E-state index contributed by atoms with van der Waals surface area (Å²) in [4.78, 5) is 12.8. The van der Waals surface area contributed by atoms with E-state index >= 15 is 0 Å². The first-order valence-electron chi connectivity index (χ1n) is 7.78. The standard InChI is InChI=1S/C18H15FN6O/c1-26-10-6-8-25-14(9-10)24-16(11-3-2-4-12(20)15(11)19)17(25)13-5-7-22-18(21)23-13/h2-9H,20H2,1H3,(H2,21,22,23). The highest BCUT2D eigenvalue weighted by molar-refractivity contribution is 5.82. The molecule has 7 nitrogen and oxygen atoms in total. The molecule has 1 aromatic carbocycles. The normalized spacial score (nSPS) is 11.0. The summed E-state index contributed by atoms with van der Waals surface area (Å²) in [6.45, 7) is 0. The number of methoxy groups -OCH3 is 1. The van der Waals surface area contributed by atoms with Crippen LogP contribution in [0.3, 0.4) is 0 Å². The van der Waals surface area contributed by atoms with Gasteiger partial charge in [-0.15, -0.1) is 0 Å². The SMILES string of the molecule is COc1ccn2c(-c3ccnc(N)n3)c(-c3cccc(N)c3F)nc2c1. The number of anilines is 2. The molecule has 8 heteroatoms. The quantitative estimate of drug-likeness (QED) is 0.551. The number of ether oxygens (including phenoxy) is 1. The Balaban J connectivity index is 2.08. The number of pyridine rings is 1. The summed E-state index contributed by atoms with van der Waals surface area (Å²) in [6.07, 6.45) is 3.32. The summed E-state index contributed by atoms with van der Waals surface area (Å²) in [5, 5.41) is 0. The Morgan fingerprint density at radius 1 is 1.12 bits per heavy atom. The third kappa shape index (κ3) is 2.48. The fourth-order valence-electron chi connectivity index (χ4n) is 2.82. The first kappa shape index (κ1) is 15.8. The van der Waals surface area contributed by atoms with Crippen molar-refractivity contribution in [3.05, 3.63) is 54.6 Å². The second kappa shape index (κ2) is 5.99. The van der Waals surface area contributed by atoms with Gasteiger partial charge in [-0.3, -0.25) is 4.40 Å². The van der Waals surface area contributed by atoms with E-state index in [1.54, 1.807) is 54.2 Å². The highest BCUT2D eigenvalue weighted by atomic mass is 19.1. The fraction of sp³-hybridized carbons (Fsp3) is 0.0556. The Morgan fingerprint density at radius 2 is 1.96 bits per heavy atom. The lowest BCUT2D eigenvalue weighted by Gasteiger charge is -2.07. The lowest BCUT2D eigenvalue weighted by Crippen LogP contribution is -1.99. The minimum Gasteiger partial charge on any atom is -0.497 e. The van der Waals surface area contributed by atoms with Crippen molar-refractivity contribution < 1.29 is 9.13 Å². The first-order chi connectivity index (χ1) is 12.6. The summed E-state index contributed by atoms with van der Waals surface area (Å²) in [6, 6.07) is 10.0. The van der Waals surface area contributed by atoms with Crippen molar-refractivity contribution in [3.8, 4) is 28.4 Å². The number of benzene rings is 1. The molecule has 0 amide bonds. The van der Waals surface area contributed by atoms with Gasteiger partial charge in [-0.25, -0.2) is 19.3 Å². The average molecular weight is 350 g/mol. The molecule has 0 bridgehead atoms. The van der Waals surface area contributed by atoms with E-state index in [0.29, 0.717) is 28.5 Å². The lowest BCUT2D eigenvalue weighted by atomic mass is 10.1. The van der Waals surface area contributed by atoms with Crippen LogP contribution in [0, 0.1) is 5.82 Å². The van der Waals surface area contributed by atoms with E-state index in [9.17, 15) is 4.39 Å². The van der Waals surface area contributed by atoms with Crippen LogP contribution in [-0.4, -0.2) is 26.5 Å². The second-order valence-electron chi connectivity index (χ2n) is 5.61. The van der Waals surface area contributed by atoms with Crippen LogP contribution in [0.2, 0.25) is 0 Å². The summed E-state index contributed by atoms with van der Waals surface area (Å²) < 4.78 is 21.7. The summed E-state index contributed by atoms with van der Waals surface area (Å²) >= 11 is 0. The summed E-state index contributed by atoms with van der Waals surface area (Å²) in [5.74, 6) is 0.215. The molecule has 0 fully saturated rings. The van der Waals surface area contributed by atoms with Gasteiger partial charge in [-0.05, 0) is 24.3 Å². The molecule has 0 aliphatic heterocycles. The van der Waals surface area contributed by atoms with Crippen LogP contribution in [0.15, 0.2) is 48.8 Å².